The third-order valence-corrected chi connectivity index (χ3v) is 3.62. The Hall–Kier alpha value is -2.30. The van der Waals surface area contributed by atoms with Crippen molar-refractivity contribution in [3.05, 3.63) is 48.0 Å². The van der Waals surface area contributed by atoms with Crippen LogP contribution in [0.3, 0.4) is 0 Å². The number of imidazole rings is 1. The summed E-state index contributed by atoms with van der Waals surface area (Å²) in [5.41, 5.74) is 1.54. The van der Waals surface area contributed by atoms with Crippen LogP contribution in [-0.4, -0.2) is 29.2 Å². The van der Waals surface area contributed by atoms with Gasteiger partial charge < -0.3 is 14.0 Å². The SMILES string of the molecule is CCCCOC(=O)c1cncn1[C@H](C)c1ccc(OC)cc1. The predicted molar refractivity (Wildman–Crippen MR) is 84.2 cm³/mol. The first kappa shape index (κ1) is 16.1. The van der Waals surface area contributed by atoms with E-state index in [-0.39, 0.29) is 12.0 Å². The highest BCUT2D eigenvalue weighted by molar-refractivity contribution is 5.87. The fraction of sp³-hybridized carbons (Fsp3) is 0.412. The Morgan fingerprint density at radius 2 is 2.05 bits per heavy atom. The van der Waals surface area contributed by atoms with Gasteiger partial charge in [-0.3, -0.25) is 0 Å². The highest BCUT2D eigenvalue weighted by Crippen LogP contribution is 2.22. The Balaban J connectivity index is 2.14. The molecule has 0 saturated heterocycles. The van der Waals surface area contributed by atoms with Gasteiger partial charge in [-0.1, -0.05) is 25.5 Å². The van der Waals surface area contributed by atoms with Crippen LogP contribution in [0.4, 0.5) is 0 Å². The molecule has 0 unspecified atom stereocenters. The molecule has 0 aliphatic carbocycles. The van der Waals surface area contributed by atoms with Crippen molar-refractivity contribution in [2.24, 2.45) is 0 Å². The van der Waals surface area contributed by atoms with Gasteiger partial charge in [-0.05, 0) is 31.0 Å². The van der Waals surface area contributed by atoms with E-state index in [0.717, 1.165) is 24.2 Å². The fourth-order valence-electron chi connectivity index (χ4n) is 2.20. The summed E-state index contributed by atoms with van der Waals surface area (Å²) in [7, 11) is 1.64. The van der Waals surface area contributed by atoms with Gasteiger partial charge in [0.05, 0.1) is 32.3 Å². The number of carbonyl (C=O) groups excluding carboxylic acids is 1. The molecule has 22 heavy (non-hydrogen) atoms. The van der Waals surface area contributed by atoms with Gasteiger partial charge in [0.1, 0.15) is 11.4 Å². The van der Waals surface area contributed by atoms with Gasteiger partial charge in [0.25, 0.3) is 0 Å². The fourth-order valence-corrected chi connectivity index (χ4v) is 2.20. The Kier molecular flexibility index (Phi) is 5.58. The normalized spacial score (nSPS) is 12.0. The molecule has 1 heterocycles. The van der Waals surface area contributed by atoms with Gasteiger partial charge >= 0.3 is 5.97 Å². The van der Waals surface area contributed by atoms with Crippen LogP contribution in [0.15, 0.2) is 36.8 Å². The lowest BCUT2D eigenvalue weighted by Gasteiger charge is -2.16. The number of hydrogen-bond acceptors (Lipinski definition) is 4. The molecule has 1 aromatic heterocycles. The third kappa shape index (κ3) is 3.67. The van der Waals surface area contributed by atoms with Crippen molar-refractivity contribution in [2.75, 3.05) is 13.7 Å². The highest BCUT2D eigenvalue weighted by atomic mass is 16.5. The van der Waals surface area contributed by atoms with Crippen molar-refractivity contribution >= 4 is 5.97 Å². The maximum Gasteiger partial charge on any atom is 0.356 e. The molecule has 5 heteroatoms. The minimum Gasteiger partial charge on any atom is -0.497 e. The van der Waals surface area contributed by atoms with Crippen LogP contribution in [0.1, 0.15) is 48.8 Å². The second-order valence-corrected chi connectivity index (χ2v) is 5.12. The molecule has 1 atom stereocenters. The number of carbonyl (C=O) groups is 1. The highest BCUT2D eigenvalue weighted by Gasteiger charge is 2.18. The first-order valence-corrected chi connectivity index (χ1v) is 7.50. The summed E-state index contributed by atoms with van der Waals surface area (Å²) in [4.78, 5) is 16.2. The van der Waals surface area contributed by atoms with Crippen molar-refractivity contribution in [3.63, 3.8) is 0 Å². The maximum atomic E-state index is 12.1. The lowest BCUT2D eigenvalue weighted by Crippen LogP contribution is -2.16. The van der Waals surface area contributed by atoms with Crippen LogP contribution >= 0.6 is 0 Å². The standard InChI is InChI=1S/C17H22N2O3/c1-4-5-10-22-17(20)16-11-18-12-19(16)13(2)14-6-8-15(21-3)9-7-14/h6-9,11-13H,4-5,10H2,1-3H3/t13-/m1/s1. The van der Waals surface area contributed by atoms with E-state index in [9.17, 15) is 4.79 Å². The van der Waals surface area contributed by atoms with Crippen LogP contribution in [0.5, 0.6) is 5.75 Å². The first-order chi connectivity index (χ1) is 10.7. The zero-order valence-corrected chi connectivity index (χ0v) is 13.3. The number of hydrogen-bond donors (Lipinski definition) is 0. The number of ether oxygens (including phenoxy) is 2. The average molecular weight is 302 g/mol. The number of unbranched alkanes of at least 4 members (excludes halogenated alkanes) is 1. The molecule has 0 amide bonds. The lowest BCUT2D eigenvalue weighted by atomic mass is 10.1. The Bertz CT molecular complexity index is 605. The zero-order valence-electron chi connectivity index (χ0n) is 13.3. The minimum absolute atomic E-state index is 0.0119. The minimum atomic E-state index is -0.327. The number of rotatable bonds is 7. The predicted octanol–water partition coefficient (Wildman–Crippen LogP) is 3.46. The molecular weight excluding hydrogens is 280 g/mol. The summed E-state index contributed by atoms with van der Waals surface area (Å²) < 4.78 is 12.3. The number of methoxy groups -OCH3 is 1. The molecule has 0 saturated carbocycles. The molecule has 0 aliphatic rings. The Morgan fingerprint density at radius 1 is 1.32 bits per heavy atom. The molecule has 0 radical (unpaired) electrons. The summed E-state index contributed by atoms with van der Waals surface area (Å²) in [6.07, 6.45) is 5.07. The number of benzene rings is 1. The molecule has 118 valence electrons. The van der Waals surface area contributed by atoms with E-state index < -0.39 is 0 Å². The molecule has 0 spiro atoms. The van der Waals surface area contributed by atoms with E-state index in [1.54, 1.807) is 19.6 Å². The second-order valence-electron chi connectivity index (χ2n) is 5.12. The average Bonchev–Trinajstić information content (AvgIpc) is 3.04. The van der Waals surface area contributed by atoms with Crippen molar-refractivity contribution in [3.8, 4) is 5.75 Å². The van der Waals surface area contributed by atoms with Gasteiger partial charge in [0.2, 0.25) is 0 Å². The topological polar surface area (TPSA) is 53.3 Å². The van der Waals surface area contributed by atoms with Crippen molar-refractivity contribution < 1.29 is 14.3 Å². The van der Waals surface area contributed by atoms with Gasteiger partial charge in [-0.25, -0.2) is 9.78 Å². The van der Waals surface area contributed by atoms with Gasteiger partial charge in [0.15, 0.2) is 0 Å². The van der Waals surface area contributed by atoms with Crippen molar-refractivity contribution in [1.29, 1.82) is 0 Å². The third-order valence-electron chi connectivity index (χ3n) is 3.62. The first-order valence-electron chi connectivity index (χ1n) is 7.50. The lowest BCUT2D eigenvalue weighted by molar-refractivity contribution is 0.0486. The van der Waals surface area contributed by atoms with Crippen LogP contribution < -0.4 is 4.74 Å². The van der Waals surface area contributed by atoms with Crippen LogP contribution in [0.2, 0.25) is 0 Å². The molecule has 5 nitrogen and oxygen atoms in total. The van der Waals surface area contributed by atoms with Crippen molar-refractivity contribution in [2.45, 2.75) is 32.7 Å². The smallest absolute Gasteiger partial charge is 0.356 e. The molecule has 2 aromatic rings. The maximum absolute atomic E-state index is 12.1. The molecule has 0 fully saturated rings. The van der Waals surface area contributed by atoms with E-state index in [1.807, 2.05) is 35.8 Å². The van der Waals surface area contributed by atoms with Gasteiger partial charge in [-0.15, -0.1) is 0 Å². The second kappa shape index (κ2) is 7.64. The van der Waals surface area contributed by atoms with Crippen LogP contribution in [-0.2, 0) is 4.74 Å². The Morgan fingerprint density at radius 3 is 2.68 bits per heavy atom. The van der Waals surface area contributed by atoms with Crippen LogP contribution in [0, 0.1) is 0 Å². The monoisotopic (exact) mass is 302 g/mol. The largest absolute Gasteiger partial charge is 0.497 e. The summed E-state index contributed by atoms with van der Waals surface area (Å²) in [5, 5.41) is 0. The summed E-state index contributed by atoms with van der Waals surface area (Å²) >= 11 is 0. The van der Waals surface area contributed by atoms with E-state index in [4.69, 9.17) is 9.47 Å². The quantitative estimate of drug-likeness (QED) is 0.580. The van der Waals surface area contributed by atoms with E-state index in [2.05, 4.69) is 11.9 Å². The van der Waals surface area contributed by atoms with Gasteiger partial charge in [0, 0.05) is 0 Å². The van der Waals surface area contributed by atoms with E-state index >= 15 is 0 Å². The van der Waals surface area contributed by atoms with E-state index in [1.165, 1.54) is 0 Å². The number of aromatic nitrogens is 2. The van der Waals surface area contributed by atoms with Gasteiger partial charge in [-0.2, -0.15) is 0 Å². The summed E-state index contributed by atoms with van der Waals surface area (Å²) in [6.45, 7) is 4.52. The number of nitrogens with zero attached hydrogens (tertiary/aromatic N) is 2. The molecule has 0 aliphatic heterocycles. The van der Waals surface area contributed by atoms with Crippen molar-refractivity contribution in [1.82, 2.24) is 9.55 Å². The Labute approximate surface area is 130 Å². The molecule has 2 rings (SSSR count). The molecule has 1 aromatic carbocycles. The molecule has 0 N–H and O–H groups in total. The number of esters is 1. The molecule has 0 bridgehead atoms. The van der Waals surface area contributed by atoms with E-state index in [0.29, 0.717) is 12.3 Å². The summed E-state index contributed by atoms with van der Waals surface area (Å²) in [6, 6.07) is 7.76. The zero-order chi connectivity index (χ0) is 15.9. The van der Waals surface area contributed by atoms with Crippen LogP contribution in [0.25, 0.3) is 0 Å². The molecular formula is C17H22N2O3. The summed E-state index contributed by atoms with van der Waals surface area (Å²) in [5.74, 6) is 0.479.